The number of alkyl halides is 1. The van der Waals surface area contributed by atoms with Gasteiger partial charge in [0.1, 0.15) is 11.6 Å². The second-order valence-corrected chi connectivity index (χ2v) is 5.59. The van der Waals surface area contributed by atoms with Crippen molar-refractivity contribution in [3.63, 3.8) is 0 Å². The number of rotatable bonds is 4. The zero-order valence-electron chi connectivity index (χ0n) is 11.0. The highest BCUT2D eigenvalue weighted by Crippen LogP contribution is 2.31. The predicted octanol–water partition coefficient (Wildman–Crippen LogP) is 4.82. The molecular formula is C16H16BrFO. The number of aryl methyl sites for hydroxylation is 1. The molecule has 1 unspecified atom stereocenters. The van der Waals surface area contributed by atoms with E-state index in [0.717, 1.165) is 6.42 Å². The van der Waals surface area contributed by atoms with Crippen molar-refractivity contribution in [2.24, 2.45) is 0 Å². The highest BCUT2D eigenvalue weighted by atomic mass is 79.9. The summed E-state index contributed by atoms with van der Waals surface area (Å²) in [5.74, 6) is 0.298. The first kappa shape index (κ1) is 14.1. The molecule has 2 rings (SSSR count). The lowest BCUT2D eigenvalue weighted by atomic mass is 10.0. The first-order chi connectivity index (χ1) is 9.11. The van der Waals surface area contributed by atoms with Crippen LogP contribution in [0, 0.1) is 12.7 Å². The van der Waals surface area contributed by atoms with Crippen LogP contribution in [0.2, 0.25) is 0 Å². The fourth-order valence-corrected chi connectivity index (χ4v) is 2.75. The molecule has 0 heterocycles. The van der Waals surface area contributed by atoms with Crippen LogP contribution in [-0.2, 0) is 6.42 Å². The van der Waals surface area contributed by atoms with Crippen LogP contribution in [0.25, 0.3) is 0 Å². The van der Waals surface area contributed by atoms with Gasteiger partial charge in [0, 0.05) is 16.5 Å². The molecule has 2 aromatic rings. The summed E-state index contributed by atoms with van der Waals surface area (Å²) < 4.78 is 19.0. The monoisotopic (exact) mass is 322 g/mol. The first-order valence-corrected chi connectivity index (χ1v) is 7.05. The molecule has 0 saturated heterocycles. The van der Waals surface area contributed by atoms with Crippen molar-refractivity contribution in [3.8, 4) is 5.75 Å². The molecule has 0 saturated carbocycles. The first-order valence-electron chi connectivity index (χ1n) is 6.14. The number of halogens is 2. The maximum absolute atomic E-state index is 14.0. The van der Waals surface area contributed by atoms with Crippen molar-refractivity contribution in [1.82, 2.24) is 0 Å². The molecule has 0 aliphatic rings. The van der Waals surface area contributed by atoms with Crippen LogP contribution >= 0.6 is 15.9 Å². The van der Waals surface area contributed by atoms with Crippen molar-refractivity contribution >= 4 is 15.9 Å². The number of hydrogen-bond acceptors (Lipinski definition) is 1. The molecule has 0 radical (unpaired) electrons. The molecule has 0 aliphatic carbocycles. The smallest absolute Gasteiger partial charge is 0.131 e. The van der Waals surface area contributed by atoms with E-state index in [4.69, 9.17) is 4.74 Å². The highest BCUT2D eigenvalue weighted by molar-refractivity contribution is 9.09. The molecule has 0 spiro atoms. The Morgan fingerprint density at radius 1 is 1.21 bits per heavy atom. The fraction of sp³-hybridized carbons (Fsp3) is 0.250. The lowest BCUT2D eigenvalue weighted by Crippen LogP contribution is -2.00. The summed E-state index contributed by atoms with van der Waals surface area (Å²) in [5, 5.41) is 0. The average molecular weight is 323 g/mol. The predicted molar refractivity (Wildman–Crippen MR) is 79.5 cm³/mol. The van der Waals surface area contributed by atoms with E-state index >= 15 is 0 Å². The number of ether oxygens (including phenoxy) is 1. The molecule has 19 heavy (non-hydrogen) atoms. The van der Waals surface area contributed by atoms with Crippen molar-refractivity contribution in [3.05, 3.63) is 65.0 Å². The van der Waals surface area contributed by atoms with E-state index in [9.17, 15) is 4.39 Å². The summed E-state index contributed by atoms with van der Waals surface area (Å²) in [6, 6.07) is 13.1. The zero-order valence-corrected chi connectivity index (χ0v) is 12.6. The zero-order chi connectivity index (χ0) is 13.8. The molecule has 3 heteroatoms. The van der Waals surface area contributed by atoms with Crippen LogP contribution in [0.15, 0.2) is 42.5 Å². The van der Waals surface area contributed by atoms with Crippen LogP contribution in [0.1, 0.15) is 21.5 Å². The number of methoxy groups -OCH3 is 1. The van der Waals surface area contributed by atoms with Gasteiger partial charge >= 0.3 is 0 Å². The van der Waals surface area contributed by atoms with Crippen molar-refractivity contribution in [1.29, 1.82) is 0 Å². The van der Waals surface area contributed by atoms with Crippen LogP contribution in [-0.4, -0.2) is 7.11 Å². The summed E-state index contributed by atoms with van der Waals surface area (Å²) >= 11 is 3.57. The third kappa shape index (κ3) is 3.35. The maximum atomic E-state index is 14.0. The van der Waals surface area contributed by atoms with E-state index in [1.165, 1.54) is 24.3 Å². The van der Waals surface area contributed by atoms with Crippen molar-refractivity contribution < 1.29 is 9.13 Å². The van der Waals surface area contributed by atoms with Gasteiger partial charge in [0.25, 0.3) is 0 Å². The lowest BCUT2D eigenvalue weighted by molar-refractivity contribution is 0.410. The normalized spacial score (nSPS) is 12.2. The summed E-state index contributed by atoms with van der Waals surface area (Å²) in [5.41, 5.74) is 3.10. The Morgan fingerprint density at radius 3 is 2.58 bits per heavy atom. The number of hydrogen-bond donors (Lipinski definition) is 0. The van der Waals surface area contributed by atoms with Crippen LogP contribution in [0.3, 0.4) is 0 Å². The van der Waals surface area contributed by atoms with Gasteiger partial charge in [0.2, 0.25) is 0 Å². The Bertz CT molecular complexity index is 568. The number of benzene rings is 2. The molecule has 0 amide bonds. The van der Waals surface area contributed by atoms with Crippen LogP contribution in [0.5, 0.6) is 5.75 Å². The van der Waals surface area contributed by atoms with Crippen molar-refractivity contribution in [2.75, 3.05) is 7.11 Å². The molecule has 2 aromatic carbocycles. The summed E-state index contributed by atoms with van der Waals surface area (Å²) in [6.07, 6.45) is 0.760. The van der Waals surface area contributed by atoms with Crippen LogP contribution in [0.4, 0.5) is 4.39 Å². The van der Waals surface area contributed by atoms with E-state index in [1.807, 2.05) is 12.1 Å². The maximum Gasteiger partial charge on any atom is 0.131 e. The molecule has 0 aromatic heterocycles. The van der Waals surface area contributed by atoms with E-state index in [2.05, 4.69) is 35.0 Å². The third-order valence-electron chi connectivity index (χ3n) is 3.21. The van der Waals surface area contributed by atoms with Crippen LogP contribution < -0.4 is 4.74 Å². The minimum atomic E-state index is -0.241. The highest BCUT2D eigenvalue weighted by Gasteiger charge is 2.14. The van der Waals surface area contributed by atoms with E-state index < -0.39 is 0 Å². The lowest BCUT2D eigenvalue weighted by Gasteiger charge is -2.13. The molecule has 0 aliphatic heterocycles. The Kier molecular flexibility index (Phi) is 4.59. The van der Waals surface area contributed by atoms with E-state index in [1.54, 1.807) is 12.1 Å². The van der Waals surface area contributed by atoms with Gasteiger partial charge in [0.05, 0.1) is 7.11 Å². The van der Waals surface area contributed by atoms with Gasteiger partial charge in [-0.1, -0.05) is 46.3 Å². The molecular weight excluding hydrogens is 307 g/mol. The molecule has 0 N–H and O–H groups in total. The molecule has 0 fully saturated rings. The standard InChI is InChI=1S/C16H16BrFO/c1-11-5-3-4-6-12(11)9-15(17)14-8-7-13(19-2)10-16(14)18/h3-8,10,15H,9H2,1-2H3. The minimum absolute atomic E-state index is 0.0421. The van der Waals surface area contributed by atoms with Gasteiger partial charge in [-0.2, -0.15) is 0 Å². The largest absolute Gasteiger partial charge is 0.497 e. The van der Waals surface area contributed by atoms with Gasteiger partial charge in [-0.05, 0) is 30.5 Å². The Morgan fingerprint density at radius 2 is 1.95 bits per heavy atom. The Balaban J connectivity index is 2.21. The molecule has 0 bridgehead atoms. The topological polar surface area (TPSA) is 9.23 Å². The second-order valence-electron chi connectivity index (χ2n) is 4.49. The Hall–Kier alpha value is -1.35. The molecule has 1 nitrogen and oxygen atoms in total. The van der Waals surface area contributed by atoms with Gasteiger partial charge in [-0.3, -0.25) is 0 Å². The molecule has 100 valence electrons. The van der Waals surface area contributed by atoms with Gasteiger partial charge < -0.3 is 4.74 Å². The van der Waals surface area contributed by atoms with Gasteiger partial charge in [0.15, 0.2) is 0 Å². The quantitative estimate of drug-likeness (QED) is 0.733. The Labute approximate surface area is 121 Å². The van der Waals surface area contributed by atoms with Gasteiger partial charge in [-0.15, -0.1) is 0 Å². The fourth-order valence-electron chi connectivity index (χ4n) is 2.03. The van der Waals surface area contributed by atoms with E-state index in [0.29, 0.717) is 11.3 Å². The summed E-state index contributed by atoms with van der Waals surface area (Å²) in [7, 11) is 1.54. The summed E-state index contributed by atoms with van der Waals surface area (Å²) in [6.45, 7) is 2.07. The summed E-state index contributed by atoms with van der Waals surface area (Å²) in [4.78, 5) is -0.0421. The van der Waals surface area contributed by atoms with Crippen molar-refractivity contribution in [2.45, 2.75) is 18.2 Å². The SMILES string of the molecule is COc1ccc(C(Br)Cc2ccccc2C)c(F)c1. The molecule has 1 atom stereocenters. The minimum Gasteiger partial charge on any atom is -0.497 e. The van der Waals surface area contributed by atoms with Gasteiger partial charge in [-0.25, -0.2) is 4.39 Å². The second kappa shape index (κ2) is 6.20. The third-order valence-corrected chi connectivity index (χ3v) is 4.02. The van der Waals surface area contributed by atoms with E-state index in [-0.39, 0.29) is 10.6 Å². The average Bonchev–Trinajstić information content (AvgIpc) is 2.41.